The van der Waals surface area contributed by atoms with E-state index in [0.717, 1.165) is 13.0 Å². The van der Waals surface area contributed by atoms with Crippen molar-refractivity contribution in [1.29, 1.82) is 0 Å². The molecule has 2 saturated heterocycles. The summed E-state index contributed by atoms with van der Waals surface area (Å²) in [6.07, 6.45) is 3.87. The van der Waals surface area contributed by atoms with E-state index >= 15 is 0 Å². The summed E-state index contributed by atoms with van der Waals surface area (Å²) in [6, 6.07) is 0.0151. The van der Waals surface area contributed by atoms with Gasteiger partial charge in [-0.1, -0.05) is 6.92 Å². The molecule has 2 fully saturated rings. The Morgan fingerprint density at radius 3 is 3.00 bits per heavy atom. The van der Waals surface area contributed by atoms with Gasteiger partial charge in [0, 0.05) is 11.8 Å². The molecule has 2 aliphatic rings. The Bertz CT molecular complexity index is 241. The summed E-state index contributed by atoms with van der Waals surface area (Å²) in [5.41, 5.74) is 0. The lowest BCUT2D eigenvalue weighted by molar-refractivity contribution is -0.129. The van der Waals surface area contributed by atoms with E-state index in [1.165, 1.54) is 18.6 Å². The number of amides is 1. The molecule has 2 aliphatic heterocycles. The molecule has 1 amide bonds. The number of nitrogens with one attached hydrogen (secondary N) is 1. The fourth-order valence-electron chi connectivity index (χ4n) is 2.42. The number of hydrogen-bond donors (Lipinski definition) is 1. The van der Waals surface area contributed by atoms with Crippen molar-refractivity contribution >= 4 is 17.7 Å². The van der Waals surface area contributed by atoms with Crippen LogP contribution in [-0.4, -0.2) is 40.6 Å². The van der Waals surface area contributed by atoms with E-state index in [1.807, 2.05) is 23.6 Å². The molecule has 2 heterocycles. The molecule has 15 heavy (non-hydrogen) atoms. The highest BCUT2D eigenvalue weighted by atomic mass is 32.2. The van der Waals surface area contributed by atoms with Gasteiger partial charge in [0.1, 0.15) is 0 Å². The maximum Gasteiger partial charge on any atom is 0.240 e. The van der Waals surface area contributed by atoms with Crippen LogP contribution >= 0.6 is 11.8 Å². The topological polar surface area (TPSA) is 32.3 Å². The predicted octanol–water partition coefficient (Wildman–Crippen LogP) is 1.44. The van der Waals surface area contributed by atoms with E-state index in [9.17, 15) is 4.79 Å². The highest BCUT2D eigenvalue weighted by molar-refractivity contribution is 8.00. The Balaban J connectivity index is 1.95. The third kappa shape index (κ3) is 2.31. The van der Waals surface area contributed by atoms with Crippen molar-refractivity contribution in [2.75, 3.05) is 12.3 Å². The van der Waals surface area contributed by atoms with Crippen LogP contribution in [0.2, 0.25) is 0 Å². The van der Waals surface area contributed by atoms with Crippen molar-refractivity contribution in [2.24, 2.45) is 0 Å². The van der Waals surface area contributed by atoms with E-state index in [-0.39, 0.29) is 18.1 Å². The first kappa shape index (κ1) is 11.3. The smallest absolute Gasteiger partial charge is 0.240 e. The molecule has 0 aromatic rings. The molecule has 0 bridgehead atoms. The molecule has 0 radical (unpaired) electrons. The highest BCUT2D eigenvalue weighted by Crippen LogP contribution is 2.28. The molecule has 0 aliphatic carbocycles. The van der Waals surface area contributed by atoms with Crippen LogP contribution < -0.4 is 5.32 Å². The van der Waals surface area contributed by atoms with E-state index in [2.05, 4.69) is 12.2 Å². The minimum absolute atomic E-state index is 0.0151. The van der Waals surface area contributed by atoms with E-state index in [1.54, 1.807) is 0 Å². The van der Waals surface area contributed by atoms with Crippen molar-refractivity contribution in [1.82, 2.24) is 10.2 Å². The predicted molar refractivity (Wildman–Crippen MR) is 63.9 cm³/mol. The Morgan fingerprint density at radius 1 is 1.60 bits per heavy atom. The normalized spacial score (nSPS) is 36.5. The van der Waals surface area contributed by atoms with Crippen molar-refractivity contribution in [3.05, 3.63) is 0 Å². The van der Waals surface area contributed by atoms with Gasteiger partial charge in [0.05, 0.1) is 12.2 Å². The lowest BCUT2D eigenvalue weighted by atomic mass is 10.2. The number of carbonyl (C=O) groups excluding carboxylic acids is 1. The van der Waals surface area contributed by atoms with Crippen molar-refractivity contribution in [3.63, 3.8) is 0 Å². The molecule has 0 saturated carbocycles. The average Bonchev–Trinajstić information content (AvgIpc) is 2.82. The summed E-state index contributed by atoms with van der Waals surface area (Å²) in [4.78, 5) is 14.0. The van der Waals surface area contributed by atoms with E-state index in [0.29, 0.717) is 5.25 Å². The fourth-order valence-corrected chi connectivity index (χ4v) is 3.68. The minimum Gasteiger partial charge on any atom is -0.325 e. The molecule has 1 N–H and O–H groups in total. The SMILES string of the molecule is CCC1NC(C)C(=O)N1CC1CCCS1. The van der Waals surface area contributed by atoms with Gasteiger partial charge in [-0.25, -0.2) is 0 Å². The van der Waals surface area contributed by atoms with Crippen LogP contribution in [0.5, 0.6) is 0 Å². The summed E-state index contributed by atoms with van der Waals surface area (Å²) in [5.74, 6) is 1.56. The maximum atomic E-state index is 11.9. The first-order valence-corrected chi connectivity index (χ1v) is 6.95. The number of carbonyl (C=O) groups is 1. The van der Waals surface area contributed by atoms with Crippen molar-refractivity contribution < 1.29 is 4.79 Å². The standard InChI is InChI=1S/C11H20N2OS/c1-3-10-12-8(2)11(14)13(10)7-9-5-4-6-15-9/h8-10,12H,3-7H2,1-2H3. The van der Waals surface area contributed by atoms with Crippen LogP contribution in [-0.2, 0) is 4.79 Å². The first-order valence-electron chi connectivity index (χ1n) is 5.90. The second kappa shape index (κ2) is 4.74. The van der Waals surface area contributed by atoms with Gasteiger partial charge in [-0.15, -0.1) is 0 Å². The van der Waals surface area contributed by atoms with Crippen LogP contribution in [0.25, 0.3) is 0 Å². The van der Waals surface area contributed by atoms with Gasteiger partial charge in [0.25, 0.3) is 0 Å². The maximum absolute atomic E-state index is 11.9. The average molecular weight is 228 g/mol. The van der Waals surface area contributed by atoms with Crippen LogP contribution in [0.4, 0.5) is 0 Å². The van der Waals surface area contributed by atoms with Gasteiger partial charge in [0.15, 0.2) is 0 Å². The largest absolute Gasteiger partial charge is 0.325 e. The second-order valence-electron chi connectivity index (χ2n) is 4.44. The first-order chi connectivity index (χ1) is 7.22. The minimum atomic E-state index is 0.0151. The van der Waals surface area contributed by atoms with Gasteiger partial charge >= 0.3 is 0 Å². The number of rotatable bonds is 3. The Hall–Kier alpha value is -0.220. The molecule has 3 nitrogen and oxygen atoms in total. The van der Waals surface area contributed by atoms with E-state index < -0.39 is 0 Å². The lowest BCUT2D eigenvalue weighted by Gasteiger charge is -2.25. The van der Waals surface area contributed by atoms with Crippen LogP contribution in [0.1, 0.15) is 33.1 Å². The molecule has 0 aromatic heterocycles. The molecule has 0 spiro atoms. The quantitative estimate of drug-likeness (QED) is 0.793. The highest BCUT2D eigenvalue weighted by Gasteiger charge is 2.36. The Kier molecular flexibility index (Phi) is 3.57. The molecule has 2 rings (SSSR count). The summed E-state index contributed by atoms with van der Waals surface area (Å²) in [6.45, 7) is 5.05. The number of hydrogen-bond acceptors (Lipinski definition) is 3. The summed E-state index contributed by atoms with van der Waals surface area (Å²) in [5, 5.41) is 4.02. The van der Waals surface area contributed by atoms with Gasteiger partial charge in [-0.05, 0) is 31.9 Å². The van der Waals surface area contributed by atoms with Crippen molar-refractivity contribution in [3.8, 4) is 0 Å². The molecule has 4 heteroatoms. The van der Waals surface area contributed by atoms with Crippen LogP contribution in [0.3, 0.4) is 0 Å². The zero-order chi connectivity index (χ0) is 10.8. The fraction of sp³-hybridized carbons (Fsp3) is 0.909. The monoisotopic (exact) mass is 228 g/mol. The lowest BCUT2D eigenvalue weighted by Crippen LogP contribution is -2.40. The van der Waals surface area contributed by atoms with E-state index in [4.69, 9.17) is 0 Å². The molecule has 3 atom stereocenters. The van der Waals surface area contributed by atoms with Crippen LogP contribution in [0, 0.1) is 0 Å². The molecule has 3 unspecified atom stereocenters. The summed E-state index contributed by atoms with van der Waals surface area (Å²) >= 11 is 2.02. The Morgan fingerprint density at radius 2 is 2.40 bits per heavy atom. The molecular weight excluding hydrogens is 208 g/mol. The second-order valence-corrected chi connectivity index (χ2v) is 5.85. The van der Waals surface area contributed by atoms with Crippen molar-refractivity contribution in [2.45, 2.75) is 50.6 Å². The number of thioether (sulfide) groups is 1. The summed E-state index contributed by atoms with van der Waals surface area (Å²) < 4.78 is 0. The molecular formula is C11H20N2OS. The number of nitrogens with zero attached hydrogens (tertiary/aromatic N) is 1. The molecule has 86 valence electrons. The van der Waals surface area contributed by atoms with Gasteiger partial charge in [-0.2, -0.15) is 11.8 Å². The van der Waals surface area contributed by atoms with Gasteiger partial charge in [0.2, 0.25) is 5.91 Å². The zero-order valence-corrected chi connectivity index (χ0v) is 10.3. The molecule has 0 aromatic carbocycles. The van der Waals surface area contributed by atoms with Gasteiger partial charge in [-0.3, -0.25) is 10.1 Å². The zero-order valence-electron chi connectivity index (χ0n) is 9.53. The third-order valence-electron chi connectivity index (χ3n) is 3.28. The third-order valence-corrected chi connectivity index (χ3v) is 4.66. The summed E-state index contributed by atoms with van der Waals surface area (Å²) in [7, 11) is 0. The Labute approximate surface area is 96.0 Å². The van der Waals surface area contributed by atoms with Gasteiger partial charge < -0.3 is 4.90 Å². The van der Waals surface area contributed by atoms with Crippen LogP contribution in [0.15, 0.2) is 0 Å².